The fraction of sp³-hybridized carbons (Fsp3) is 0.190. The average molecular weight is 353 g/mol. The van der Waals surface area contributed by atoms with E-state index in [9.17, 15) is 9.18 Å². The Hall–Kier alpha value is -3.08. The lowest BCUT2D eigenvalue weighted by atomic mass is 10.1. The van der Waals surface area contributed by atoms with Gasteiger partial charge in [-0.3, -0.25) is 4.79 Å². The first-order valence-corrected chi connectivity index (χ1v) is 8.37. The molecule has 0 radical (unpaired) electrons. The molecule has 0 spiro atoms. The molecule has 0 saturated heterocycles. The van der Waals surface area contributed by atoms with Crippen LogP contribution in [-0.4, -0.2) is 19.1 Å². The summed E-state index contributed by atoms with van der Waals surface area (Å²) in [6.45, 7) is 4.68. The third-order valence-corrected chi connectivity index (χ3v) is 3.94. The summed E-state index contributed by atoms with van der Waals surface area (Å²) in [5.74, 6) is 0.492. The third-order valence-electron chi connectivity index (χ3n) is 3.94. The first kappa shape index (κ1) is 17.7. The quantitative estimate of drug-likeness (QED) is 0.663. The van der Waals surface area contributed by atoms with Gasteiger partial charge in [-0.2, -0.15) is 0 Å². The van der Waals surface area contributed by atoms with Crippen molar-refractivity contribution in [3.8, 4) is 17.1 Å². The third kappa shape index (κ3) is 4.11. The number of aryl methyl sites for hydroxylation is 2. The van der Waals surface area contributed by atoms with E-state index < -0.39 is 5.82 Å². The standard InChI is InChI=1S/C21H20FNO3/c1-14-7-8-18(15(2)13-14)25-12-11-23-21(24)20-10-9-19(26-20)16-5-3-4-6-17(16)22/h3-10,13H,11-12H2,1-2H3,(H,23,24). The highest BCUT2D eigenvalue weighted by Crippen LogP contribution is 2.24. The van der Waals surface area contributed by atoms with E-state index in [1.165, 1.54) is 17.7 Å². The molecule has 0 saturated carbocycles. The maximum absolute atomic E-state index is 13.8. The summed E-state index contributed by atoms with van der Waals surface area (Å²) in [7, 11) is 0. The van der Waals surface area contributed by atoms with Crippen LogP contribution >= 0.6 is 0 Å². The SMILES string of the molecule is Cc1ccc(OCCNC(=O)c2ccc(-c3ccccc3F)o2)c(C)c1. The summed E-state index contributed by atoms with van der Waals surface area (Å²) in [6.07, 6.45) is 0. The molecule has 5 heteroatoms. The summed E-state index contributed by atoms with van der Waals surface area (Å²) in [4.78, 5) is 12.1. The molecule has 0 aliphatic carbocycles. The van der Waals surface area contributed by atoms with Gasteiger partial charge in [0, 0.05) is 0 Å². The predicted molar refractivity (Wildman–Crippen MR) is 97.8 cm³/mol. The molecule has 0 fully saturated rings. The minimum absolute atomic E-state index is 0.134. The number of nitrogens with one attached hydrogen (secondary N) is 1. The van der Waals surface area contributed by atoms with Crippen molar-refractivity contribution in [2.75, 3.05) is 13.2 Å². The Morgan fingerprint density at radius 3 is 2.69 bits per heavy atom. The molecule has 26 heavy (non-hydrogen) atoms. The zero-order valence-electron chi connectivity index (χ0n) is 14.7. The molecule has 0 unspecified atom stereocenters. The zero-order chi connectivity index (χ0) is 18.5. The largest absolute Gasteiger partial charge is 0.491 e. The van der Waals surface area contributed by atoms with Crippen molar-refractivity contribution >= 4 is 5.91 Å². The van der Waals surface area contributed by atoms with Gasteiger partial charge in [-0.1, -0.05) is 29.8 Å². The lowest BCUT2D eigenvalue weighted by Crippen LogP contribution is -2.27. The molecule has 1 amide bonds. The number of hydrogen-bond acceptors (Lipinski definition) is 3. The van der Waals surface area contributed by atoms with Gasteiger partial charge in [-0.25, -0.2) is 4.39 Å². The maximum atomic E-state index is 13.8. The Balaban J connectivity index is 1.53. The second-order valence-electron chi connectivity index (χ2n) is 6.02. The van der Waals surface area contributed by atoms with Crippen LogP contribution in [0.1, 0.15) is 21.7 Å². The van der Waals surface area contributed by atoms with Crippen LogP contribution in [0.4, 0.5) is 4.39 Å². The minimum atomic E-state index is -0.393. The maximum Gasteiger partial charge on any atom is 0.287 e. The van der Waals surface area contributed by atoms with E-state index in [0.29, 0.717) is 24.5 Å². The highest BCUT2D eigenvalue weighted by molar-refractivity contribution is 5.92. The Morgan fingerprint density at radius 2 is 1.92 bits per heavy atom. The van der Waals surface area contributed by atoms with Crippen LogP contribution in [0.3, 0.4) is 0 Å². The van der Waals surface area contributed by atoms with E-state index in [2.05, 4.69) is 5.32 Å². The zero-order valence-corrected chi connectivity index (χ0v) is 14.7. The number of hydrogen-bond donors (Lipinski definition) is 1. The molecule has 1 heterocycles. The number of rotatable bonds is 6. The van der Waals surface area contributed by atoms with E-state index in [1.54, 1.807) is 24.3 Å². The monoisotopic (exact) mass is 353 g/mol. The predicted octanol–water partition coefficient (Wildman–Crippen LogP) is 4.51. The number of benzene rings is 2. The van der Waals surface area contributed by atoms with Crippen molar-refractivity contribution in [3.63, 3.8) is 0 Å². The topological polar surface area (TPSA) is 51.5 Å². The second kappa shape index (κ2) is 7.87. The summed E-state index contributed by atoms with van der Waals surface area (Å²) in [5.41, 5.74) is 2.55. The van der Waals surface area contributed by atoms with Gasteiger partial charge in [0.2, 0.25) is 0 Å². The summed E-state index contributed by atoms with van der Waals surface area (Å²) < 4.78 is 24.9. The smallest absolute Gasteiger partial charge is 0.287 e. The lowest BCUT2D eigenvalue weighted by Gasteiger charge is -2.10. The van der Waals surface area contributed by atoms with Gasteiger partial charge in [0.15, 0.2) is 5.76 Å². The van der Waals surface area contributed by atoms with Crippen molar-refractivity contribution in [1.29, 1.82) is 0 Å². The van der Waals surface area contributed by atoms with Crippen LogP contribution in [0.5, 0.6) is 5.75 Å². The summed E-state index contributed by atoms with van der Waals surface area (Å²) in [6, 6.07) is 15.3. The number of furan rings is 1. The number of carbonyl (C=O) groups is 1. The van der Waals surface area contributed by atoms with Crippen molar-refractivity contribution < 1.29 is 18.3 Å². The summed E-state index contributed by atoms with van der Waals surface area (Å²) >= 11 is 0. The molecule has 4 nitrogen and oxygen atoms in total. The van der Waals surface area contributed by atoms with Gasteiger partial charge in [0.25, 0.3) is 5.91 Å². The highest BCUT2D eigenvalue weighted by Gasteiger charge is 2.14. The molecular weight excluding hydrogens is 333 g/mol. The van der Waals surface area contributed by atoms with Crippen molar-refractivity contribution in [2.45, 2.75) is 13.8 Å². The molecule has 1 aromatic heterocycles. The Morgan fingerprint density at radius 1 is 1.12 bits per heavy atom. The molecule has 0 aliphatic heterocycles. The van der Waals surface area contributed by atoms with Crippen molar-refractivity contribution in [3.05, 3.63) is 77.3 Å². The Kier molecular flexibility index (Phi) is 5.37. The van der Waals surface area contributed by atoms with Crippen molar-refractivity contribution in [2.24, 2.45) is 0 Å². The normalized spacial score (nSPS) is 10.6. The van der Waals surface area contributed by atoms with Crippen LogP contribution in [0.2, 0.25) is 0 Å². The molecule has 0 aliphatic rings. The molecule has 0 bridgehead atoms. The fourth-order valence-electron chi connectivity index (χ4n) is 2.64. The van der Waals surface area contributed by atoms with E-state index in [1.807, 2.05) is 32.0 Å². The van der Waals surface area contributed by atoms with Gasteiger partial charge >= 0.3 is 0 Å². The van der Waals surface area contributed by atoms with Crippen LogP contribution in [0.25, 0.3) is 11.3 Å². The number of amides is 1. The summed E-state index contributed by atoms with van der Waals surface area (Å²) in [5, 5.41) is 2.73. The molecular formula is C21H20FNO3. The van der Waals surface area contributed by atoms with Crippen LogP contribution < -0.4 is 10.1 Å². The second-order valence-corrected chi connectivity index (χ2v) is 6.02. The number of ether oxygens (including phenoxy) is 1. The van der Waals surface area contributed by atoms with Crippen LogP contribution in [0, 0.1) is 19.7 Å². The van der Waals surface area contributed by atoms with Crippen LogP contribution in [0.15, 0.2) is 59.0 Å². The van der Waals surface area contributed by atoms with Gasteiger partial charge in [0.05, 0.1) is 12.1 Å². The molecule has 2 aromatic carbocycles. The fourth-order valence-corrected chi connectivity index (χ4v) is 2.64. The molecule has 1 N–H and O–H groups in total. The first-order valence-electron chi connectivity index (χ1n) is 8.37. The molecule has 3 rings (SSSR count). The minimum Gasteiger partial charge on any atom is -0.491 e. The van der Waals surface area contributed by atoms with E-state index in [4.69, 9.17) is 9.15 Å². The molecule has 0 atom stereocenters. The number of halogens is 1. The van der Waals surface area contributed by atoms with E-state index in [-0.39, 0.29) is 11.7 Å². The van der Waals surface area contributed by atoms with Gasteiger partial charge in [-0.15, -0.1) is 0 Å². The van der Waals surface area contributed by atoms with Crippen molar-refractivity contribution in [1.82, 2.24) is 5.32 Å². The number of carbonyl (C=O) groups excluding carboxylic acids is 1. The van der Waals surface area contributed by atoms with E-state index >= 15 is 0 Å². The average Bonchev–Trinajstić information content (AvgIpc) is 3.10. The molecule has 134 valence electrons. The van der Waals surface area contributed by atoms with Crippen LogP contribution in [-0.2, 0) is 0 Å². The van der Waals surface area contributed by atoms with Gasteiger partial charge in [-0.05, 0) is 49.7 Å². The Bertz CT molecular complexity index is 917. The van der Waals surface area contributed by atoms with E-state index in [0.717, 1.165) is 11.3 Å². The lowest BCUT2D eigenvalue weighted by molar-refractivity contribution is 0.0920. The molecule has 3 aromatic rings. The van der Waals surface area contributed by atoms with Gasteiger partial charge < -0.3 is 14.5 Å². The first-order chi connectivity index (χ1) is 12.5. The highest BCUT2D eigenvalue weighted by atomic mass is 19.1. The van der Waals surface area contributed by atoms with Gasteiger partial charge in [0.1, 0.15) is 23.9 Å². The Labute approximate surface area is 151 Å².